The second kappa shape index (κ2) is 6.80. The number of aryl methyl sites for hydroxylation is 1. The number of sulfonamides is 1. The van der Waals surface area contributed by atoms with E-state index in [1.54, 1.807) is 16.7 Å². The number of amides is 1. The van der Waals surface area contributed by atoms with Gasteiger partial charge in [0.1, 0.15) is 11.4 Å². The summed E-state index contributed by atoms with van der Waals surface area (Å²) in [6, 6.07) is 11.4. The standard InChI is InChI=1S/C19H18ClN3O4S/c1-23-16-9-12(20)3-2-11(16)8-17(23)19(24)22-15-6-7-27-18-10-13(28(21,25)26)4-5-14(15)18/h2-5,8-10,15H,6-7H2,1H3,(H,22,24)(H2,21,25,26). The largest absolute Gasteiger partial charge is 0.493 e. The Balaban J connectivity index is 1.64. The van der Waals surface area contributed by atoms with E-state index in [0.717, 1.165) is 10.9 Å². The SMILES string of the molecule is Cn1c(C(=O)NC2CCOc3cc(S(N)(=O)=O)ccc32)cc2ccc(Cl)cc21. The van der Waals surface area contributed by atoms with Gasteiger partial charge in [0.15, 0.2) is 0 Å². The van der Waals surface area contributed by atoms with Gasteiger partial charge in [-0.05, 0) is 24.3 Å². The van der Waals surface area contributed by atoms with E-state index in [4.69, 9.17) is 21.5 Å². The highest BCUT2D eigenvalue weighted by molar-refractivity contribution is 7.89. The first-order valence-electron chi connectivity index (χ1n) is 8.59. The highest BCUT2D eigenvalue weighted by Gasteiger charge is 2.26. The van der Waals surface area contributed by atoms with Crippen LogP contribution in [0.5, 0.6) is 5.75 Å². The zero-order chi connectivity index (χ0) is 20.1. The van der Waals surface area contributed by atoms with Crippen molar-refractivity contribution in [1.82, 2.24) is 9.88 Å². The van der Waals surface area contributed by atoms with Crippen LogP contribution in [-0.2, 0) is 17.1 Å². The van der Waals surface area contributed by atoms with Crippen molar-refractivity contribution >= 4 is 38.4 Å². The maximum atomic E-state index is 12.9. The minimum Gasteiger partial charge on any atom is -0.493 e. The zero-order valence-corrected chi connectivity index (χ0v) is 16.5. The molecule has 7 nitrogen and oxygen atoms in total. The Bertz CT molecular complexity index is 1200. The molecule has 0 aliphatic carbocycles. The van der Waals surface area contributed by atoms with Gasteiger partial charge in [-0.2, -0.15) is 0 Å². The number of nitrogens with one attached hydrogen (secondary N) is 1. The van der Waals surface area contributed by atoms with Crippen LogP contribution in [0.1, 0.15) is 28.5 Å². The van der Waals surface area contributed by atoms with Gasteiger partial charge in [0, 0.05) is 41.0 Å². The van der Waals surface area contributed by atoms with E-state index in [1.165, 1.54) is 12.1 Å². The van der Waals surface area contributed by atoms with Gasteiger partial charge in [-0.3, -0.25) is 4.79 Å². The van der Waals surface area contributed by atoms with E-state index in [0.29, 0.717) is 35.1 Å². The van der Waals surface area contributed by atoms with Crippen LogP contribution in [0.25, 0.3) is 10.9 Å². The van der Waals surface area contributed by atoms with E-state index < -0.39 is 10.0 Å². The number of nitrogens with two attached hydrogens (primary N) is 1. The maximum absolute atomic E-state index is 12.9. The highest BCUT2D eigenvalue weighted by Crippen LogP contribution is 2.34. The number of benzene rings is 2. The molecule has 9 heteroatoms. The van der Waals surface area contributed by atoms with Crippen LogP contribution in [0, 0.1) is 0 Å². The molecule has 28 heavy (non-hydrogen) atoms. The fourth-order valence-corrected chi connectivity index (χ4v) is 4.15. The monoisotopic (exact) mass is 419 g/mol. The molecule has 3 aromatic rings. The van der Waals surface area contributed by atoms with E-state index in [1.807, 2.05) is 25.2 Å². The highest BCUT2D eigenvalue weighted by atomic mass is 35.5. The summed E-state index contributed by atoms with van der Waals surface area (Å²) in [5.41, 5.74) is 2.09. The summed E-state index contributed by atoms with van der Waals surface area (Å²) in [4.78, 5) is 12.9. The Morgan fingerprint density at radius 3 is 2.79 bits per heavy atom. The number of nitrogens with zero attached hydrogens (tertiary/aromatic N) is 1. The third-order valence-electron chi connectivity index (χ3n) is 4.90. The molecule has 1 unspecified atom stereocenters. The molecule has 3 N–H and O–H groups in total. The predicted molar refractivity (Wildman–Crippen MR) is 106 cm³/mol. The van der Waals surface area contributed by atoms with Crippen LogP contribution >= 0.6 is 11.6 Å². The molecule has 0 saturated carbocycles. The molecule has 2 heterocycles. The summed E-state index contributed by atoms with van der Waals surface area (Å²) in [5.74, 6) is 0.176. The smallest absolute Gasteiger partial charge is 0.268 e. The fraction of sp³-hybridized carbons (Fsp3) is 0.211. The minimum atomic E-state index is -3.83. The average Bonchev–Trinajstić information content (AvgIpc) is 2.97. The molecule has 0 spiro atoms. The fourth-order valence-electron chi connectivity index (χ4n) is 3.45. The first-order chi connectivity index (χ1) is 13.2. The van der Waals surface area contributed by atoms with E-state index in [9.17, 15) is 13.2 Å². The molecule has 1 aliphatic rings. The lowest BCUT2D eigenvalue weighted by atomic mass is 10.0. The number of carbonyl (C=O) groups is 1. The molecule has 146 valence electrons. The molecule has 1 aliphatic heterocycles. The molecule has 2 aromatic carbocycles. The van der Waals surface area contributed by atoms with Gasteiger partial charge in [-0.15, -0.1) is 0 Å². The number of hydrogen-bond donors (Lipinski definition) is 2. The number of hydrogen-bond acceptors (Lipinski definition) is 4. The summed E-state index contributed by atoms with van der Waals surface area (Å²) in [5, 5.41) is 9.71. The molecular formula is C19H18ClN3O4S. The van der Waals surface area contributed by atoms with Crippen molar-refractivity contribution in [1.29, 1.82) is 0 Å². The number of aromatic nitrogens is 1. The topological polar surface area (TPSA) is 103 Å². The normalized spacial score (nSPS) is 16.5. The Labute approximate surface area is 167 Å². The van der Waals surface area contributed by atoms with Gasteiger partial charge in [0.05, 0.1) is 17.5 Å². The van der Waals surface area contributed by atoms with Crippen LogP contribution in [-0.4, -0.2) is 25.5 Å². The van der Waals surface area contributed by atoms with Crippen molar-refractivity contribution in [2.24, 2.45) is 12.2 Å². The van der Waals surface area contributed by atoms with Gasteiger partial charge in [-0.25, -0.2) is 13.6 Å². The van der Waals surface area contributed by atoms with Gasteiger partial charge >= 0.3 is 0 Å². The number of primary sulfonamides is 1. The summed E-state index contributed by atoms with van der Waals surface area (Å²) in [6.45, 7) is 0.358. The lowest BCUT2D eigenvalue weighted by molar-refractivity contribution is 0.0917. The average molecular weight is 420 g/mol. The Morgan fingerprint density at radius 1 is 1.25 bits per heavy atom. The number of ether oxygens (including phenoxy) is 1. The van der Waals surface area contributed by atoms with E-state index in [-0.39, 0.29) is 16.8 Å². The second-order valence-corrected chi connectivity index (χ2v) is 8.70. The van der Waals surface area contributed by atoms with Crippen molar-refractivity contribution in [3.05, 3.63) is 58.7 Å². The summed E-state index contributed by atoms with van der Waals surface area (Å²) >= 11 is 6.06. The van der Waals surface area contributed by atoms with Crippen LogP contribution < -0.4 is 15.2 Å². The van der Waals surface area contributed by atoms with Crippen molar-refractivity contribution < 1.29 is 17.9 Å². The molecule has 0 fully saturated rings. The van der Waals surface area contributed by atoms with Gasteiger partial charge in [0.2, 0.25) is 10.0 Å². The van der Waals surface area contributed by atoms with Crippen LogP contribution in [0.15, 0.2) is 47.4 Å². The van der Waals surface area contributed by atoms with Crippen molar-refractivity contribution in [2.45, 2.75) is 17.4 Å². The second-order valence-electron chi connectivity index (χ2n) is 6.70. The Kier molecular flexibility index (Phi) is 4.57. The Morgan fingerprint density at radius 2 is 2.04 bits per heavy atom. The molecule has 0 radical (unpaired) electrons. The molecule has 0 bridgehead atoms. The van der Waals surface area contributed by atoms with E-state index in [2.05, 4.69) is 5.32 Å². The van der Waals surface area contributed by atoms with Gasteiger partial charge in [-0.1, -0.05) is 23.7 Å². The summed E-state index contributed by atoms with van der Waals surface area (Å²) < 4.78 is 30.5. The molecule has 1 atom stereocenters. The third kappa shape index (κ3) is 3.34. The van der Waals surface area contributed by atoms with Crippen molar-refractivity contribution in [3.8, 4) is 5.75 Å². The summed E-state index contributed by atoms with van der Waals surface area (Å²) in [6.07, 6.45) is 0.573. The summed E-state index contributed by atoms with van der Waals surface area (Å²) in [7, 11) is -2.02. The number of halogens is 1. The molecule has 0 saturated heterocycles. The van der Waals surface area contributed by atoms with Crippen LogP contribution in [0.4, 0.5) is 0 Å². The lowest BCUT2D eigenvalue weighted by Crippen LogP contribution is -2.33. The van der Waals surface area contributed by atoms with E-state index >= 15 is 0 Å². The maximum Gasteiger partial charge on any atom is 0.268 e. The molecular weight excluding hydrogens is 402 g/mol. The van der Waals surface area contributed by atoms with Crippen LogP contribution in [0.2, 0.25) is 5.02 Å². The van der Waals surface area contributed by atoms with Gasteiger partial charge < -0.3 is 14.6 Å². The lowest BCUT2D eigenvalue weighted by Gasteiger charge is -2.27. The predicted octanol–water partition coefficient (Wildman–Crippen LogP) is 2.73. The minimum absolute atomic E-state index is 0.0243. The first kappa shape index (κ1) is 18.8. The zero-order valence-electron chi connectivity index (χ0n) is 15.0. The third-order valence-corrected chi connectivity index (χ3v) is 6.04. The quantitative estimate of drug-likeness (QED) is 0.681. The van der Waals surface area contributed by atoms with Gasteiger partial charge in [0.25, 0.3) is 5.91 Å². The first-order valence-corrected chi connectivity index (χ1v) is 10.5. The molecule has 4 rings (SSSR count). The number of carbonyl (C=O) groups excluding carboxylic acids is 1. The van der Waals surface area contributed by atoms with Crippen LogP contribution in [0.3, 0.4) is 0 Å². The van der Waals surface area contributed by atoms with Crippen molar-refractivity contribution in [2.75, 3.05) is 6.61 Å². The molecule has 1 amide bonds. The number of fused-ring (bicyclic) bond motifs is 2. The Hall–Kier alpha value is -2.55. The number of rotatable bonds is 3. The van der Waals surface area contributed by atoms with Crippen molar-refractivity contribution in [3.63, 3.8) is 0 Å². The molecule has 1 aromatic heterocycles.